The number of anilines is 2. The molecule has 1 saturated heterocycles. The van der Waals surface area contributed by atoms with Crippen LogP contribution in [0.4, 0.5) is 24.5 Å². The van der Waals surface area contributed by atoms with E-state index >= 15 is 0 Å². The summed E-state index contributed by atoms with van der Waals surface area (Å²) < 4.78 is 39.9. The fourth-order valence-electron chi connectivity index (χ4n) is 3.06. The molecule has 9 heteroatoms. The molecule has 0 aliphatic carbocycles. The zero-order valence-corrected chi connectivity index (χ0v) is 15.6. The van der Waals surface area contributed by atoms with Crippen LogP contribution >= 0.6 is 12.2 Å². The number of amides is 1. The standard InChI is InChI=1S/C19H14F3N3O2S/c1-18(2)16(27)24(17(28)25(18)12-5-7-14(26)8-6-12)13-4-3-11(10-23)15(9-13)19(20,21)22/h3-9,26H,1-2H3/i10+2. The van der Waals surface area contributed by atoms with Crippen LogP contribution < -0.4 is 9.80 Å². The molecule has 0 bridgehead atoms. The highest BCUT2D eigenvalue weighted by molar-refractivity contribution is 7.81. The lowest BCUT2D eigenvalue weighted by molar-refractivity contribution is -0.137. The SMILES string of the molecule is CC1(C)C(=O)N(c2ccc([14C]#N)c(C(F)(F)F)c2)C(=S)N1c1ccc(O)cc1. The van der Waals surface area contributed by atoms with Crippen molar-refractivity contribution >= 4 is 34.6 Å². The van der Waals surface area contributed by atoms with E-state index in [-0.39, 0.29) is 16.5 Å². The summed E-state index contributed by atoms with van der Waals surface area (Å²) in [5.74, 6) is -0.486. The number of phenolic OH excluding ortho intramolecular Hbond substituents is 1. The van der Waals surface area contributed by atoms with Gasteiger partial charge in [-0.15, -0.1) is 0 Å². The maximum atomic E-state index is 13.3. The number of benzene rings is 2. The number of thiocarbonyl (C=S) groups is 1. The highest BCUT2D eigenvalue weighted by Gasteiger charge is 2.50. The molecule has 1 N–H and O–H groups in total. The molecule has 1 amide bonds. The minimum Gasteiger partial charge on any atom is -0.508 e. The summed E-state index contributed by atoms with van der Waals surface area (Å²) in [6.07, 6.45) is -4.75. The first-order valence-corrected chi connectivity index (χ1v) is 8.48. The normalized spacial score (nSPS) is 16.4. The van der Waals surface area contributed by atoms with Gasteiger partial charge in [-0.1, -0.05) is 0 Å². The number of carbonyl (C=O) groups is 1. The molecular formula is C19H14F3N3O2S. The average molecular weight is 407 g/mol. The van der Waals surface area contributed by atoms with Crippen LogP contribution in [0, 0.1) is 11.3 Å². The molecule has 2 aromatic rings. The number of rotatable bonds is 2. The van der Waals surface area contributed by atoms with Gasteiger partial charge in [-0.05, 0) is 68.5 Å². The second-order valence-electron chi connectivity index (χ2n) is 6.67. The third-order valence-corrected chi connectivity index (χ3v) is 4.83. The van der Waals surface area contributed by atoms with Crippen molar-refractivity contribution in [2.75, 3.05) is 9.80 Å². The number of nitriles is 1. The van der Waals surface area contributed by atoms with Crippen molar-refractivity contribution in [2.24, 2.45) is 0 Å². The fraction of sp³-hybridized carbons (Fsp3) is 0.211. The van der Waals surface area contributed by atoms with E-state index in [2.05, 4.69) is 0 Å². The van der Waals surface area contributed by atoms with E-state index in [4.69, 9.17) is 17.5 Å². The van der Waals surface area contributed by atoms with Crippen molar-refractivity contribution < 1.29 is 23.1 Å². The molecular weight excluding hydrogens is 393 g/mol. The summed E-state index contributed by atoms with van der Waals surface area (Å²) in [5.41, 5.74) is -2.41. The van der Waals surface area contributed by atoms with Crippen molar-refractivity contribution in [1.82, 2.24) is 0 Å². The predicted molar refractivity (Wildman–Crippen MR) is 101 cm³/mol. The Morgan fingerprint density at radius 1 is 1.11 bits per heavy atom. The highest BCUT2D eigenvalue weighted by atomic mass is 32.1. The molecule has 1 heterocycles. The molecule has 3 rings (SSSR count). The predicted octanol–water partition coefficient (Wildman–Crippen LogP) is 4.20. The number of aromatic hydroxyl groups is 1. The maximum absolute atomic E-state index is 13.3. The molecule has 0 unspecified atom stereocenters. The zero-order valence-electron chi connectivity index (χ0n) is 14.8. The Kier molecular flexibility index (Phi) is 4.55. The minimum absolute atomic E-state index is 0.00137. The van der Waals surface area contributed by atoms with Gasteiger partial charge in [0.1, 0.15) is 11.3 Å². The lowest BCUT2D eigenvalue weighted by Crippen LogP contribution is -2.44. The Morgan fingerprint density at radius 3 is 2.21 bits per heavy atom. The third-order valence-electron chi connectivity index (χ3n) is 4.46. The molecule has 1 aliphatic rings. The zero-order chi connectivity index (χ0) is 20.9. The topological polar surface area (TPSA) is 67.6 Å². The van der Waals surface area contributed by atoms with Crippen molar-refractivity contribution in [1.29, 1.82) is 5.26 Å². The van der Waals surface area contributed by atoms with Crippen molar-refractivity contribution in [3.63, 3.8) is 0 Å². The van der Waals surface area contributed by atoms with Gasteiger partial charge >= 0.3 is 6.18 Å². The first-order chi connectivity index (χ1) is 13.0. The van der Waals surface area contributed by atoms with E-state index in [1.165, 1.54) is 29.2 Å². The summed E-state index contributed by atoms with van der Waals surface area (Å²) in [4.78, 5) is 15.5. The van der Waals surface area contributed by atoms with Gasteiger partial charge in [0.15, 0.2) is 5.11 Å². The summed E-state index contributed by atoms with van der Waals surface area (Å²) >= 11 is 5.40. The van der Waals surface area contributed by atoms with E-state index in [0.717, 1.165) is 17.0 Å². The van der Waals surface area contributed by atoms with Crippen LogP contribution in [0.2, 0.25) is 0 Å². The molecule has 1 aliphatic heterocycles. The summed E-state index contributed by atoms with van der Waals surface area (Å²) in [7, 11) is 0. The van der Waals surface area contributed by atoms with Gasteiger partial charge in [0.05, 0.1) is 22.9 Å². The van der Waals surface area contributed by atoms with Gasteiger partial charge < -0.3 is 10.0 Å². The fourth-order valence-corrected chi connectivity index (χ4v) is 3.58. The van der Waals surface area contributed by atoms with Gasteiger partial charge in [-0.3, -0.25) is 9.69 Å². The molecule has 0 spiro atoms. The molecule has 1 fully saturated rings. The number of halogens is 3. The second-order valence-corrected chi connectivity index (χ2v) is 7.04. The van der Waals surface area contributed by atoms with Gasteiger partial charge in [-0.25, -0.2) is 0 Å². The summed E-state index contributed by atoms with van der Waals surface area (Å²) in [5, 5.41) is 18.4. The van der Waals surface area contributed by atoms with Gasteiger partial charge in [0.2, 0.25) is 0 Å². The summed E-state index contributed by atoms with van der Waals surface area (Å²) in [6.45, 7) is 3.20. The monoisotopic (exact) mass is 407 g/mol. The van der Waals surface area contributed by atoms with Crippen molar-refractivity contribution in [3.8, 4) is 11.8 Å². The molecule has 0 radical (unpaired) electrons. The Hall–Kier alpha value is -3.12. The van der Waals surface area contributed by atoms with Gasteiger partial charge in [-0.2, -0.15) is 18.4 Å². The lowest BCUT2D eigenvalue weighted by Gasteiger charge is -2.29. The number of phenols is 1. The second kappa shape index (κ2) is 6.49. The van der Waals surface area contributed by atoms with E-state index in [0.29, 0.717) is 5.69 Å². The van der Waals surface area contributed by atoms with Gasteiger partial charge in [0, 0.05) is 5.69 Å². The Labute approximate surface area is 164 Å². The van der Waals surface area contributed by atoms with Crippen LogP contribution in [0.25, 0.3) is 0 Å². The molecule has 0 saturated carbocycles. The van der Waals surface area contributed by atoms with Crippen LogP contribution in [-0.2, 0) is 11.0 Å². The maximum Gasteiger partial charge on any atom is 0.417 e. The van der Waals surface area contributed by atoms with Crippen LogP contribution in [0.3, 0.4) is 0 Å². The van der Waals surface area contributed by atoms with E-state index in [1.54, 1.807) is 26.0 Å². The third kappa shape index (κ3) is 3.05. The first kappa shape index (κ1) is 19.6. The first-order valence-electron chi connectivity index (χ1n) is 8.07. The largest absolute Gasteiger partial charge is 0.508 e. The smallest absolute Gasteiger partial charge is 0.417 e. The van der Waals surface area contributed by atoms with Crippen LogP contribution in [0.15, 0.2) is 42.5 Å². The lowest BCUT2D eigenvalue weighted by atomic mass is 10.0. The molecule has 5 nitrogen and oxygen atoms in total. The van der Waals surface area contributed by atoms with E-state index in [9.17, 15) is 23.1 Å². The van der Waals surface area contributed by atoms with Crippen LogP contribution in [0.5, 0.6) is 5.75 Å². The number of carbonyl (C=O) groups excluding carboxylic acids is 1. The van der Waals surface area contributed by atoms with E-state index in [1.807, 2.05) is 0 Å². The van der Waals surface area contributed by atoms with Crippen molar-refractivity contribution in [2.45, 2.75) is 25.6 Å². The minimum atomic E-state index is -4.75. The van der Waals surface area contributed by atoms with Crippen molar-refractivity contribution in [3.05, 3.63) is 53.6 Å². The quantitative estimate of drug-likeness (QED) is 0.756. The molecule has 2 aromatic carbocycles. The molecule has 0 aromatic heterocycles. The Balaban J connectivity index is 2.11. The van der Waals surface area contributed by atoms with E-state index < -0.39 is 28.7 Å². The number of alkyl halides is 3. The van der Waals surface area contributed by atoms with Gasteiger partial charge in [0.25, 0.3) is 5.91 Å². The highest BCUT2D eigenvalue weighted by Crippen LogP contribution is 2.39. The average Bonchev–Trinajstić information content (AvgIpc) is 2.79. The molecule has 0 atom stereocenters. The number of hydrogen-bond acceptors (Lipinski definition) is 4. The van der Waals surface area contributed by atoms with Crippen LogP contribution in [0.1, 0.15) is 25.0 Å². The molecule has 144 valence electrons. The Bertz CT molecular complexity index is 1010. The number of nitrogens with zero attached hydrogens (tertiary/aromatic N) is 3. The molecule has 28 heavy (non-hydrogen) atoms. The Morgan fingerprint density at radius 2 is 1.68 bits per heavy atom. The number of hydrogen-bond donors (Lipinski definition) is 1. The van der Waals surface area contributed by atoms with Crippen LogP contribution in [-0.4, -0.2) is 21.7 Å². The summed E-state index contributed by atoms with van der Waals surface area (Å²) in [6, 6.07) is 10.5.